The molecule has 0 fully saturated rings. The van der Waals surface area contributed by atoms with Gasteiger partial charge in [-0.15, -0.1) is 0 Å². The van der Waals surface area contributed by atoms with E-state index in [1.54, 1.807) is 36.3 Å². The standard InChI is InChI=1S/C21H15N7O2/c1-3-19(29)26-18-5-4-13(8-23-18)21(30)17-6-14(16-10-24-27(2)11-16)12-28-20(17)15(7-22)9-25-28/h3-6,8-12H,1H2,2H3,(H,23,26,29). The summed E-state index contributed by atoms with van der Waals surface area (Å²) in [5.74, 6) is -0.421. The first-order chi connectivity index (χ1) is 14.5. The van der Waals surface area contributed by atoms with Crippen molar-refractivity contribution in [2.75, 3.05) is 5.32 Å². The maximum Gasteiger partial charge on any atom is 0.248 e. The van der Waals surface area contributed by atoms with E-state index in [1.165, 1.54) is 23.0 Å². The van der Waals surface area contributed by atoms with Crippen LogP contribution in [-0.2, 0) is 11.8 Å². The minimum atomic E-state index is -0.398. The largest absolute Gasteiger partial charge is 0.307 e. The quantitative estimate of drug-likeness (QED) is 0.408. The maximum absolute atomic E-state index is 13.3. The van der Waals surface area contributed by atoms with Gasteiger partial charge in [0.05, 0.1) is 29.0 Å². The van der Waals surface area contributed by atoms with Crippen LogP contribution in [0.2, 0.25) is 0 Å². The zero-order valence-electron chi connectivity index (χ0n) is 15.9. The molecule has 0 spiro atoms. The Bertz CT molecular complexity index is 1340. The summed E-state index contributed by atoms with van der Waals surface area (Å²) in [7, 11) is 1.80. The second kappa shape index (κ2) is 7.44. The molecule has 146 valence electrons. The molecule has 0 atom stereocenters. The van der Waals surface area contributed by atoms with Gasteiger partial charge in [-0.3, -0.25) is 14.3 Å². The third-order valence-electron chi connectivity index (χ3n) is 4.48. The minimum Gasteiger partial charge on any atom is -0.307 e. The molecular weight excluding hydrogens is 382 g/mol. The highest BCUT2D eigenvalue weighted by Crippen LogP contribution is 2.26. The zero-order valence-corrected chi connectivity index (χ0v) is 15.9. The number of rotatable bonds is 5. The Morgan fingerprint density at radius 2 is 2.00 bits per heavy atom. The number of nitrogens with zero attached hydrogens (tertiary/aromatic N) is 6. The minimum absolute atomic E-state index is 0.291. The lowest BCUT2D eigenvalue weighted by molar-refractivity contribution is -0.111. The number of nitriles is 1. The summed E-state index contributed by atoms with van der Waals surface area (Å²) in [5.41, 5.74) is 2.87. The second-order valence-electron chi connectivity index (χ2n) is 6.46. The number of aromatic nitrogens is 5. The molecule has 0 saturated heterocycles. The lowest BCUT2D eigenvalue weighted by atomic mass is 10.00. The third kappa shape index (κ3) is 3.33. The molecule has 0 aliphatic rings. The molecular formula is C21H15N7O2. The summed E-state index contributed by atoms with van der Waals surface area (Å²) in [6, 6.07) is 6.87. The molecule has 0 unspecified atom stereocenters. The molecule has 9 heteroatoms. The lowest BCUT2D eigenvalue weighted by Gasteiger charge is -2.08. The number of amides is 1. The highest BCUT2D eigenvalue weighted by Gasteiger charge is 2.19. The van der Waals surface area contributed by atoms with Crippen LogP contribution in [0.3, 0.4) is 0 Å². The first kappa shape index (κ1) is 18.8. The molecule has 1 amide bonds. The van der Waals surface area contributed by atoms with Gasteiger partial charge >= 0.3 is 0 Å². The van der Waals surface area contributed by atoms with Crippen molar-refractivity contribution in [3.8, 4) is 17.2 Å². The van der Waals surface area contributed by atoms with E-state index in [0.717, 1.165) is 17.2 Å². The lowest BCUT2D eigenvalue weighted by Crippen LogP contribution is -2.10. The summed E-state index contributed by atoms with van der Waals surface area (Å²) < 4.78 is 3.17. The highest BCUT2D eigenvalue weighted by molar-refractivity contribution is 6.14. The average Bonchev–Trinajstić information content (AvgIpc) is 3.39. The molecule has 4 rings (SSSR count). The van der Waals surface area contributed by atoms with Crippen LogP contribution >= 0.6 is 0 Å². The Kier molecular flexibility index (Phi) is 4.66. The molecule has 0 aliphatic carbocycles. The number of anilines is 1. The van der Waals surface area contributed by atoms with Crippen molar-refractivity contribution in [1.29, 1.82) is 5.26 Å². The van der Waals surface area contributed by atoms with E-state index in [4.69, 9.17) is 0 Å². The van der Waals surface area contributed by atoms with Crippen LogP contribution in [0.25, 0.3) is 16.6 Å². The number of fused-ring (bicyclic) bond motifs is 1. The summed E-state index contributed by atoms with van der Waals surface area (Å²) >= 11 is 0. The summed E-state index contributed by atoms with van der Waals surface area (Å²) in [4.78, 5) is 28.8. The first-order valence-electron chi connectivity index (χ1n) is 8.85. The van der Waals surface area contributed by atoms with Gasteiger partial charge in [0.1, 0.15) is 11.9 Å². The monoisotopic (exact) mass is 397 g/mol. The van der Waals surface area contributed by atoms with Crippen molar-refractivity contribution in [2.45, 2.75) is 0 Å². The molecule has 0 aliphatic heterocycles. The van der Waals surface area contributed by atoms with Crippen molar-refractivity contribution in [3.63, 3.8) is 0 Å². The predicted octanol–water partition coefficient (Wildman–Crippen LogP) is 2.36. The fourth-order valence-electron chi connectivity index (χ4n) is 3.04. The Hall–Kier alpha value is -4.58. The fraction of sp³-hybridized carbons (Fsp3) is 0.0476. The van der Waals surface area contributed by atoms with Gasteiger partial charge < -0.3 is 5.32 Å². The van der Waals surface area contributed by atoms with Crippen molar-refractivity contribution < 1.29 is 9.59 Å². The van der Waals surface area contributed by atoms with Gasteiger partial charge in [-0.05, 0) is 24.3 Å². The molecule has 4 aromatic rings. The number of ketones is 1. The van der Waals surface area contributed by atoms with Crippen LogP contribution in [0.1, 0.15) is 21.5 Å². The van der Waals surface area contributed by atoms with Gasteiger partial charge in [-0.25, -0.2) is 9.50 Å². The average molecular weight is 397 g/mol. The number of hydrogen-bond acceptors (Lipinski definition) is 6. The van der Waals surface area contributed by atoms with Crippen molar-refractivity contribution in [3.05, 3.63) is 78.5 Å². The third-order valence-corrected chi connectivity index (χ3v) is 4.48. The summed E-state index contributed by atoms with van der Waals surface area (Å²) in [6.45, 7) is 3.38. The van der Waals surface area contributed by atoms with E-state index in [1.807, 2.05) is 6.20 Å². The Morgan fingerprint density at radius 1 is 1.17 bits per heavy atom. The Labute approximate surface area is 170 Å². The van der Waals surface area contributed by atoms with E-state index in [2.05, 4.69) is 33.1 Å². The van der Waals surface area contributed by atoms with Gasteiger partial charge in [0.2, 0.25) is 5.91 Å². The van der Waals surface area contributed by atoms with Gasteiger partial charge in [0.15, 0.2) is 5.78 Å². The van der Waals surface area contributed by atoms with E-state index >= 15 is 0 Å². The number of nitrogens with one attached hydrogen (secondary N) is 1. The van der Waals surface area contributed by atoms with Crippen molar-refractivity contribution in [2.24, 2.45) is 7.05 Å². The Morgan fingerprint density at radius 3 is 2.63 bits per heavy atom. The van der Waals surface area contributed by atoms with Crippen molar-refractivity contribution in [1.82, 2.24) is 24.4 Å². The molecule has 0 bridgehead atoms. The van der Waals surface area contributed by atoms with Crippen LogP contribution in [0, 0.1) is 11.3 Å². The number of carbonyl (C=O) groups excluding carboxylic acids is 2. The van der Waals surface area contributed by atoms with E-state index in [0.29, 0.717) is 28.0 Å². The fourth-order valence-corrected chi connectivity index (χ4v) is 3.04. The summed E-state index contributed by atoms with van der Waals surface area (Å²) in [5, 5.41) is 20.4. The molecule has 4 aromatic heterocycles. The van der Waals surface area contributed by atoms with Gasteiger partial charge in [-0.2, -0.15) is 15.5 Å². The zero-order chi connectivity index (χ0) is 21.3. The molecule has 0 saturated carbocycles. The topological polar surface area (TPSA) is 118 Å². The predicted molar refractivity (Wildman–Crippen MR) is 109 cm³/mol. The van der Waals surface area contributed by atoms with E-state index in [9.17, 15) is 14.9 Å². The SMILES string of the molecule is C=CC(=O)Nc1ccc(C(=O)c2cc(-c3cnn(C)c3)cn3ncc(C#N)c23)cn1. The van der Waals surface area contributed by atoms with Gasteiger partial charge in [0.25, 0.3) is 0 Å². The number of aryl methyl sites for hydroxylation is 1. The Balaban J connectivity index is 1.81. The van der Waals surface area contributed by atoms with Gasteiger partial charge in [-0.1, -0.05) is 6.58 Å². The number of hydrogen-bond donors (Lipinski definition) is 1. The summed E-state index contributed by atoms with van der Waals surface area (Å²) in [6.07, 6.45) is 9.17. The van der Waals surface area contributed by atoms with Crippen LogP contribution in [-0.4, -0.2) is 36.1 Å². The smallest absolute Gasteiger partial charge is 0.248 e. The molecule has 1 N–H and O–H groups in total. The molecule has 0 aromatic carbocycles. The number of carbonyl (C=O) groups is 2. The van der Waals surface area contributed by atoms with Crippen LogP contribution < -0.4 is 5.32 Å². The van der Waals surface area contributed by atoms with E-state index in [-0.39, 0.29) is 5.78 Å². The van der Waals surface area contributed by atoms with Crippen LogP contribution in [0.5, 0.6) is 0 Å². The molecule has 4 heterocycles. The molecule has 0 radical (unpaired) electrons. The van der Waals surface area contributed by atoms with Crippen molar-refractivity contribution >= 4 is 23.0 Å². The normalized spacial score (nSPS) is 10.5. The molecule has 9 nitrogen and oxygen atoms in total. The van der Waals surface area contributed by atoms with Crippen LogP contribution in [0.15, 0.2) is 61.8 Å². The first-order valence-corrected chi connectivity index (χ1v) is 8.85. The second-order valence-corrected chi connectivity index (χ2v) is 6.46. The van der Waals surface area contributed by atoms with E-state index < -0.39 is 5.91 Å². The number of pyridine rings is 2. The molecule has 30 heavy (non-hydrogen) atoms. The van der Waals surface area contributed by atoms with Gasteiger partial charge in [0, 0.05) is 42.3 Å². The van der Waals surface area contributed by atoms with Crippen LogP contribution in [0.4, 0.5) is 5.82 Å². The highest BCUT2D eigenvalue weighted by atomic mass is 16.1. The maximum atomic E-state index is 13.3.